The van der Waals surface area contributed by atoms with E-state index < -0.39 is 5.92 Å². The minimum atomic E-state index is -2.69. The molecule has 0 bridgehead atoms. The quantitative estimate of drug-likeness (QED) is 0.0992. The monoisotopic (exact) mass is 741 g/mol. The van der Waals surface area contributed by atoms with Gasteiger partial charge < -0.3 is 16.0 Å². The topological polar surface area (TPSA) is 66.5 Å². The minimum Gasteiger partial charge on any atom is -0.390 e. The highest BCUT2D eigenvalue weighted by molar-refractivity contribution is 5.73. The third-order valence-electron chi connectivity index (χ3n) is 8.42. The fraction of sp³-hybridized carbons (Fsp3) is 0.348. The lowest BCUT2D eigenvalue weighted by molar-refractivity contribution is 0.0779. The van der Waals surface area contributed by atoms with E-state index in [4.69, 9.17) is 5.73 Å². The molecule has 0 atom stereocenters. The van der Waals surface area contributed by atoms with E-state index in [9.17, 15) is 13.2 Å². The molecule has 2 aliphatic rings. The van der Waals surface area contributed by atoms with Crippen molar-refractivity contribution >= 4 is 23.7 Å². The summed E-state index contributed by atoms with van der Waals surface area (Å²) in [7, 11) is 0. The maximum Gasteiger partial charge on any atom is 0.263 e. The number of likely N-dealkylation sites (tertiary alicyclic amines) is 1. The molecule has 1 fully saturated rings. The molecular formula is C46H62F3N5. The van der Waals surface area contributed by atoms with Crippen LogP contribution in [0, 0.1) is 25.6 Å². The first-order valence-corrected chi connectivity index (χ1v) is 18.7. The smallest absolute Gasteiger partial charge is 0.263 e. The number of pyridine rings is 1. The summed E-state index contributed by atoms with van der Waals surface area (Å²) >= 11 is 0. The zero-order chi connectivity index (χ0) is 40.5. The SMILES string of the molecule is C=C(c1ccc(C)cc1)N1CCC(C)CC1.C=C/C=C(\N=C\N)NCc1ccc(F)c(C)c1.C=CC(C)(F)F.CC.CCC1=CCC=Cc2cccnc21. The van der Waals surface area contributed by atoms with Crippen LogP contribution in [0.4, 0.5) is 13.2 Å². The van der Waals surface area contributed by atoms with Crippen LogP contribution in [-0.4, -0.2) is 35.2 Å². The van der Waals surface area contributed by atoms with Crippen LogP contribution in [0.5, 0.6) is 0 Å². The van der Waals surface area contributed by atoms with Gasteiger partial charge in [-0.2, -0.15) is 0 Å². The molecule has 5 rings (SSSR count). The molecular weight excluding hydrogens is 680 g/mol. The van der Waals surface area contributed by atoms with Crippen molar-refractivity contribution in [2.24, 2.45) is 16.6 Å². The molecule has 0 amide bonds. The van der Waals surface area contributed by atoms with Crippen LogP contribution in [0.2, 0.25) is 0 Å². The van der Waals surface area contributed by atoms with E-state index in [1.54, 1.807) is 31.2 Å². The van der Waals surface area contributed by atoms with Crippen molar-refractivity contribution in [3.05, 3.63) is 156 Å². The Morgan fingerprint density at radius 2 is 1.72 bits per heavy atom. The molecule has 292 valence electrons. The summed E-state index contributed by atoms with van der Waals surface area (Å²) in [6, 6.07) is 17.8. The number of aliphatic imine (C=N–C) groups is 1. The zero-order valence-electron chi connectivity index (χ0n) is 33.5. The molecule has 1 aliphatic carbocycles. The second kappa shape index (κ2) is 25.8. The van der Waals surface area contributed by atoms with Gasteiger partial charge in [0.2, 0.25) is 0 Å². The number of hydrogen-bond donors (Lipinski definition) is 2. The third-order valence-corrected chi connectivity index (χ3v) is 8.42. The Labute approximate surface area is 323 Å². The summed E-state index contributed by atoms with van der Waals surface area (Å²) in [6.07, 6.45) is 18.3. The third kappa shape index (κ3) is 18.1. The van der Waals surface area contributed by atoms with E-state index >= 15 is 0 Å². The molecule has 0 saturated carbocycles. The largest absolute Gasteiger partial charge is 0.390 e. The Morgan fingerprint density at radius 1 is 1.07 bits per heavy atom. The number of aromatic nitrogens is 1. The van der Waals surface area contributed by atoms with Crippen molar-refractivity contribution in [3.8, 4) is 0 Å². The lowest BCUT2D eigenvalue weighted by Gasteiger charge is -2.33. The van der Waals surface area contributed by atoms with E-state index in [2.05, 4.69) is 109 Å². The minimum absolute atomic E-state index is 0.199. The number of aryl methyl sites for hydroxylation is 2. The van der Waals surface area contributed by atoms with Gasteiger partial charge in [-0.3, -0.25) is 4.98 Å². The first kappa shape index (κ1) is 46.9. The fourth-order valence-electron chi connectivity index (χ4n) is 5.19. The van der Waals surface area contributed by atoms with Gasteiger partial charge in [-0.1, -0.05) is 120 Å². The number of nitrogens with zero attached hydrogens (tertiary/aromatic N) is 3. The van der Waals surface area contributed by atoms with Gasteiger partial charge >= 0.3 is 0 Å². The summed E-state index contributed by atoms with van der Waals surface area (Å²) < 4.78 is 35.7. The molecule has 8 heteroatoms. The highest BCUT2D eigenvalue weighted by Crippen LogP contribution is 2.25. The number of hydrogen-bond acceptors (Lipinski definition) is 4. The first-order valence-electron chi connectivity index (χ1n) is 18.7. The lowest BCUT2D eigenvalue weighted by Crippen LogP contribution is -2.31. The molecule has 54 heavy (non-hydrogen) atoms. The van der Waals surface area contributed by atoms with E-state index in [1.807, 2.05) is 26.1 Å². The van der Waals surface area contributed by atoms with E-state index in [-0.39, 0.29) is 5.82 Å². The Hall–Kier alpha value is -5.11. The van der Waals surface area contributed by atoms with Gasteiger partial charge in [0.05, 0.1) is 12.0 Å². The van der Waals surface area contributed by atoms with Crippen LogP contribution in [0.15, 0.2) is 122 Å². The normalized spacial score (nSPS) is 13.8. The Morgan fingerprint density at radius 3 is 2.28 bits per heavy atom. The standard InChI is InChI=1S/C15H21N.C13H16FN3.C12H13N.C4H6F2.C2H6/c1-12-4-6-15(7-5-12)14(3)16-10-8-13(2)9-11-16;1-3-4-13(17-9-15)16-8-11-5-6-12(14)10(2)7-11;1-2-10-6-3-4-7-11-8-5-9-13-12(10)11;1-3-4(2,5)6;1-2/h4-7,13H,3,8-11H2,1-2H3;3-7,9,16H,1,8H2,2H3,(H2,15,17);4-9H,2-3H2,1H3;3H,1H2,2H3;1-2H3/b;13-4-;;;. The van der Waals surface area contributed by atoms with Crippen molar-refractivity contribution < 1.29 is 13.2 Å². The van der Waals surface area contributed by atoms with Crippen molar-refractivity contribution in [2.45, 2.75) is 86.6 Å². The number of rotatable bonds is 9. The number of fused-ring (bicyclic) bond motifs is 1. The van der Waals surface area contributed by atoms with Crippen molar-refractivity contribution in [2.75, 3.05) is 13.1 Å². The van der Waals surface area contributed by atoms with Gasteiger partial charge in [0, 0.05) is 44.0 Å². The highest BCUT2D eigenvalue weighted by Gasteiger charge is 2.17. The van der Waals surface area contributed by atoms with Crippen LogP contribution in [-0.2, 0) is 6.54 Å². The fourth-order valence-corrected chi connectivity index (χ4v) is 5.19. The maximum absolute atomic E-state index is 13.1. The van der Waals surface area contributed by atoms with Crippen LogP contribution < -0.4 is 11.1 Å². The number of nitrogens with one attached hydrogen (secondary N) is 1. The second-order valence-electron chi connectivity index (χ2n) is 12.8. The van der Waals surface area contributed by atoms with Crippen LogP contribution in [0.3, 0.4) is 0 Å². The van der Waals surface area contributed by atoms with Crippen LogP contribution >= 0.6 is 0 Å². The van der Waals surface area contributed by atoms with Crippen molar-refractivity contribution in [1.29, 1.82) is 0 Å². The molecule has 2 aromatic carbocycles. The second-order valence-corrected chi connectivity index (χ2v) is 12.8. The molecule has 0 radical (unpaired) electrons. The molecule has 0 spiro atoms. The molecule has 1 aliphatic heterocycles. The Bertz CT molecular complexity index is 1690. The Kier molecular flexibility index (Phi) is 22.4. The van der Waals surface area contributed by atoms with Gasteiger partial charge in [-0.25, -0.2) is 18.2 Å². The predicted molar refractivity (Wildman–Crippen MR) is 227 cm³/mol. The number of halogens is 3. The van der Waals surface area contributed by atoms with Gasteiger partial charge in [0.15, 0.2) is 0 Å². The molecule has 3 aromatic rings. The first-order chi connectivity index (χ1) is 25.8. The summed E-state index contributed by atoms with van der Waals surface area (Å²) in [5.41, 5.74) is 14.3. The van der Waals surface area contributed by atoms with Crippen molar-refractivity contribution in [3.63, 3.8) is 0 Å². The number of nitrogens with two attached hydrogens (primary N) is 1. The average Bonchev–Trinajstić information content (AvgIpc) is 3.39. The zero-order valence-corrected chi connectivity index (χ0v) is 33.5. The predicted octanol–water partition coefficient (Wildman–Crippen LogP) is 12.1. The van der Waals surface area contributed by atoms with Crippen molar-refractivity contribution in [1.82, 2.24) is 15.2 Å². The van der Waals surface area contributed by atoms with Gasteiger partial charge in [0.1, 0.15) is 11.6 Å². The highest BCUT2D eigenvalue weighted by atomic mass is 19.3. The van der Waals surface area contributed by atoms with Crippen LogP contribution in [0.25, 0.3) is 17.3 Å². The number of allylic oxidation sites excluding steroid dienone is 6. The van der Waals surface area contributed by atoms with E-state index in [1.165, 1.54) is 53.2 Å². The van der Waals surface area contributed by atoms with Gasteiger partial charge in [-0.15, -0.1) is 0 Å². The number of benzene rings is 2. The summed E-state index contributed by atoms with van der Waals surface area (Å²) in [5, 5.41) is 3.07. The number of alkyl halides is 2. The summed E-state index contributed by atoms with van der Waals surface area (Å²) in [4.78, 5) is 10.8. The lowest BCUT2D eigenvalue weighted by atomic mass is 9.98. The van der Waals surface area contributed by atoms with Gasteiger partial charge in [-0.05, 0) is 92.0 Å². The molecule has 1 saturated heterocycles. The Balaban J connectivity index is 0.000000370. The van der Waals surface area contributed by atoms with Crippen LogP contribution in [0.1, 0.15) is 93.8 Å². The maximum atomic E-state index is 13.1. The average molecular weight is 742 g/mol. The summed E-state index contributed by atoms with van der Waals surface area (Å²) in [6.45, 7) is 26.7. The number of piperidine rings is 1. The molecule has 0 unspecified atom stereocenters. The molecule has 2 heterocycles. The molecule has 3 N–H and O–H groups in total. The van der Waals surface area contributed by atoms with E-state index in [0.29, 0.717) is 24.0 Å². The summed E-state index contributed by atoms with van der Waals surface area (Å²) in [5.74, 6) is -1.40. The van der Waals surface area contributed by atoms with Gasteiger partial charge in [0.25, 0.3) is 5.92 Å². The van der Waals surface area contributed by atoms with E-state index in [0.717, 1.165) is 50.0 Å². The molecule has 1 aromatic heterocycles. The molecule has 5 nitrogen and oxygen atoms in total.